The number of alkyl halides is 2. The second kappa shape index (κ2) is 6.99. The van der Waals surface area contributed by atoms with Crippen molar-refractivity contribution in [3.8, 4) is 0 Å². The van der Waals surface area contributed by atoms with Gasteiger partial charge < -0.3 is 0 Å². The van der Waals surface area contributed by atoms with Crippen molar-refractivity contribution < 1.29 is 0 Å². The van der Waals surface area contributed by atoms with E-state index >= 15 is 0 Å². The Morgan fingerprint density at radius 1 is 1.32 bits per heavy atom. The lowest BCUT2D eigenvalue weighted by Crippen LogP contribution is -2.28. The van der Waals surface area contributed by atoms with Gasteiger partial charge in [-0.3, -0.25) is 4.68 Å². The fraction of sp³-hybridized carbons (Fsp3) is 0.800. The average molecular weight is 303 g/mol. The molecule has 0 spiro atoms. The second-order valence-electron chi connectivity index (χ2n) is 5.92. The van der Waals surface area contributed by atoms with Crippen LogP contribution in [0.4, 0.5) is 0 Å². The van der Waals surface area contributed by atoms with Gasteiger partial charge in [-0.05, 0) is 31.7 Å². The highest BCUT2D eigenvalue weighted by Gasteiger charge is 2.29. The van der Waals surface area contributed by atoms with Crippen LogP contribution >= 0.6 is 23.2 Å². The smallest absolute Gasteiger partial charge is 0.0631 e. The summed E-state index contributed by atoms with van der Waals surface area (Å²) in [5.41, 5.74) is 1.15. The second-order valence-corrected chi connectivity index (χ2v) is 6.45. The molecule has 108 valence electrons. The van der Waals surface area contributed by atoms with E-state index in [1.165, 1.54) is 25.7 Å². The van der Waals surface area contributed by atoms with Gasteiger partial charge in [0.05, 0.1) is 11.7 Å². The third-order valence-electron chi connectivity index (χ3n) is 4.27. The molecule has 0 aromatic carbocycles. The highest BCUT2D eigenvalue weighted by atomic mass is 35.5. The summed E-state index contributed by atoms with van der Waals surface area (Å²) in [5, 5.41) is 4.75. The van der Waals surface area contributed by atoms with Crippen LogP contribution in [-0.4, -0.2) is 21.5 Å². The molecular weight excluding hydrogens is 279 g/mol. The molecule has 0 aliphatic heterocycles. The quantitative estimate of drug-likeness (QED) is 0.661. The van der Waals surface area contributed by atoms with Crippen molar-refractivity contribution in [2.45, 2.75) is 57.9 Å². The van der Waals surface area contributed by atoms with Crippen LogP contribution in [0.3, 0.4) is 0 Å². The lowest BCUT2D eigenvalue weighted by atomic mass is 9.83. The molecule has 0 amide bonds. The number of hydrogen-bond donors (Lipinski definition) is 0. The van der Waals surface area contributed by atoms with Crippen molar-refractivity contribution in [2.24, 2.45) is 5.41 Å². The van der Waals surface area contributed by atoms with Crippen molar-refractivity contribution in [2.75, 3.05) is 11.8 Å². The van der Waals surface area contributed by atoms with Gasteiger partial charge in [0.15, 0.2) is 0 Å². The summed E-state index contributed by atoms with van der Waals surface area (Å²) < 4.78 is 2.15. The zero-order valence-corrected chi connectivity index (χ0v) is 13.3. The predicted octanol–water partition coefficient (Wildman–Crippen LogP) is 4.80. The fourth-order valence-corrected chi connectivity index (χ4v) is 3.85. The first kappa shape index (κ1) is 15.2. The van der Waals surface area contributed by atoms with Crippen LogP contribution in [0.1, 0.15) is 57.2 Å². The van der Waals surface area contributed by atoms with Gasteiger partial charge in [0, 0.05) is 23.4 Å². The number of halogens is 2. The third-order valence-corrected chi connectivity index (χ3v) is 5.40. The Balaban J connectivity index is 2.04. The van der Waals surface area contributed by atoms with Crippen LogP contribution in [-0.2, 0) is 6.42 Å². The molecule has 0 N–H and O–H groups in total. The fourth-order valence-electron chi connectivity index (χ4n) is 3.11. The Morgan fingerprint density at radius 3 is 2.58 bits per heavy atom. The van der Waals surface area contributed by atoms with Gasteiger partial charge in [0.1, 0.15) is 0 Å². The van der Waals surface area contributed by atoms with Gasteiger partial charge in [-0.25, -0.2) is 0 Å². The number of nitrogens with zero attached hydrogens (tertiary/aromatic N) is 2. The van der Waals surface area contributed by atoms with E-state index in [4.69, 9.17) is 28.3 Å². The highest BCUT2D eigenvalue weighted by Crippen LogP contribution is 2.33. The van der Waals surface area contributed by atoms with Gasteiger partial charge in [-0.1, -0.05) is 26.2 Å². The zero-order chi connectivity index (χ0) is 13.7. The SMILES string of the molecule is CCCC(CCl)(CCl)Cc1ccn(C2CCCC2)n1. The molecule has 0 radical (unpaired) electrons. The molecule has 1 aliphatic rings. The number of rotatable bonds is 7. The summed E-state index contributed by atoms with van der Waals surface area (Å²) in [7, 11) is 0. The monoisotopic (exact) mass is 302 g/mol. The van der Waals surface area contributed by atoms with E-state index < -0.39 is 0 Å². The van der Waals surface area contributed by atoms with Crippen molar-refractivity contribution in [1.29, 1.82) is 0 Å². The largest absolute Gasteiger partial charge is 0.269 e. The van der Waals surface area contributed by atoms with Crippen LogP contribution in [0.25, 0.3) is 0 Å². The maximum Gasteiger partial charge on any atom is 0.0631 e. The van der Waals surface area contributed by atoms with Crippen molar-refractivity contribution in [3.05, 3.63) is 18.0 Å². The van der Waals surface area contributed by atoms with Gasteiger partial charge in [-0.15, -0.1) is 23.2 Å². The third kappa shape index (κ3) is 3.66. The molecule has 2 rings (SSSR count). The van der Waals surface area contributed by atoms with E-state index in [-0.39, 0.29) is 5.41 Å². The summed E-state index contributed by atoms with van der Waals surface area (Å²) in [4.78, 5) is 0. The van der Waals surface area contributed by atoms with Gasteiger partial charge in [0.25, 0.3) is 0 Å². The molecule has 0 saturated heterocycles. The molecule has 1 aromatic rings. The molecule has 0 atom stereocenters. The molecular formula is C15H24Cl2N2. The Labute approximate surface area is 126 Å². The average Bonchev–Trinajstić information content (AvgIpc) is 3.08. The lowest BCUT2D eigenvalue weighted by Gasteiger charge is -2.28. The van der Waals surface area contributed by atoms with Crippen LogP contribution < -0.4 is 0 Å². The van der Waals surface area contributed by atoms with Gasteiger partial charge in [0.2, 0.25) is 0 Å². The molecule has 1 fully saturated rings. The minimum atomic E-state index is 0.00667. The van der Waals surface area contributed by atoms with E-state index in [1.807, 2.05) is 0 Å². The minimum Gasteiger partial charge on any atom is -0.269 e. The molecule has 1 aromatic heterocycles. The molecule has 0 bridgehead atoms. The number of hydrogen-bond acceptors (Lipinski definition) is 1. The zero-order valence-electron chi connectivity index (χ0n) is 11.7. The van der Waals surface area contributed by atoms with E-state index in [0.29, 0.717) is 17.8 Å². The van der Waals surface area contributed by atoms with E-state index in [0.717, 1.165) is 25.0 Å². The molecule has 19 heavy (non-hydrogen) atoms. The number of aromatic nitrogens is 2. The van der Waals surface area contributed by atoms with Crippen molar-refractivity contribution in [1.82, 2.24) is 9.78 Å². The summed E-state index contributed by atoms with van der Waals surface area (Å²) in [6.07, 6.45) is 10.4. The van der Waals surface area contributed by atoms with Crippen molar-refractivity contribution in [3.63, 3.8) is 0 Å². The topological polar surface area (TPSA) is 17.8 Å². The first-order valence-electron chi connectivity index (χ1n) is 7.39. The van der Waals surface area contributed by atoms with Crippen LogP contribution in [0, 0.1) is 5.41 Å². The van der Waals surface area contributed by atoms with Gasteiger partial charge in [-0.2, -0.15) is 5.10 Å². The molecule has 0 unspecified atom stereocenters. The predicted molar refractivity (Wildman–Crippen MR) is 82.2 cm³/mol. The normalized spacial score (nSPS) is 17.2. The van der Waals surface area contributed by atoms with E-state index in [2.05, 4.69) is 23.9 Å². The van der Waals surface area contributed by atoms with E-state index in [1.54, 1.807) is 0 Å². The van der Waals surface area contributed by atoms with Crippen LogP contribution in [0.15, 0.2) is 12.3 Å². The standard InChI is InChI=1S/C15H24Cl2N2/c1-2-8-15(11-16,12-17)10-13-7-9-19(18-13)14-5-3-4-6-14/h7,9,14H,2-6,8,10-12H2,1H3. The van der Waals surface area contributed by atoms with Crippen LogP contribution in [0.5, 0.6) is 0 Å². The molecule has 1 aliphatic carbocycles. The first-order valence-corrected chi connectivity index (χ1v) is 8.46. The molecule has 1 saturated carbocycles. The molecule has 1 heterocycles. The summed E-state index contributed by atoms with van der Waals surface area (Å²) in [5.74, 6) is 1.22. The van der Waals surface area contributed by atoms with Gasteiger partial charge >= 0.3 is 0 Å². The Bertz CT molecular complexity index is 379. The summed E-state index contributed by atoms with van der Waals surface area (Å²) in [6, 6.07) is 2.75. The minimum absolute atomic E-state index is 0.00667. The van der Waals surface area contributed by atoms with E-state index in [9.17, 15) is 0 Å². The molecule has 4 heteroatoms. The molecule has 2 nitrogen and oxygen atoms in total. The van der Waals surface area contributed by atoms with Crippen LogP contribution in [0.2, 0.25) is 0 Å². The maximum atomic E-state index is 6.17. The Hall–Kier alpha value is -0.210. The highest BCUT2D eigenvalue weighted by molar-refractivity contribution is 6.21. The lowest BCUT2D eigenvalue weighted by molar-refractivity contribution is 0.334. The Kier molecular flexibility index (Phi) is 5.58. The summed E-state index contributed by atoms with van der Waals surface area (Å²) in [6.45, 7) is 2.19. The summed E-state index contributed by atoms with van der Waals surface area (Å²) >= 11 is 12.3. The maximum absolute atomic E-state index is 6.17. The Morgan fingerprint density at radius 2 is 2.00 bits per heavy atom. The van der Waals surface area contributed by atoms with Crippen molar-refractivity contribution >= 4 is 23.2 Å². The first-order chi connectivity index (χ1) is 9.23.